The molecule has 4 heteroatoms. The standard InChI is InChI=1S/C17H15FO2S/c18-13-6-2-7-14(10-13)21-11-16(19)15-8-1-4-12-5-3-9-20-17(12)15/h1-2,4,6-8,10H,3,5,9,11H2. The summed E-state index contributed by atoms with van der Waals surface area (Å²) in [7, 11) is 0. The molecule has 2 aromatic rings. The van der Waals surface area contributed by atoms with E-state index in [1.54, 1.807) is 18.2 Å². The second-order valence-corrected chi connectivity index (χ2v) is 5.96. The molecule has 0 N–H and O–H groups in total. The van der Waals surface area contributed by atoms with E-state index in [-0.39, 0.29) is 17.4 Å². The van der Waals surface area contributed by atoms with E-state index in [4.69, 9.17) is 4.74 Å². The molecule has 0 unspecified atom stereocenters. The van der Waals surface area contributed by atoms with Crippen LogP contribution in [0.1, 0.15) is 22.3 Å². The minimum atomic E-state index is -0.284. The van der Waals surface area contributed by atoms with Gasteiger partial charge in [-0.1, -0.05) is 18.2 Å². The van der Waals surface area contributed by atoms with Crippen molar-refractivity contribution in [3.8, 4) is 5.75 Å². The lowest BCUT2D eigenvalue weighted by atomic mass is 10.0. The summed E-state index contributed by atoms with van der Waals surface area (Å²) in [5.41, 5.74) is 1.74. The van der Waals surface area contributed by atoms with Crippen LogP contribution in [0.15, 0.2) is 47.4 Å². The third kappa shape index (κ3) is 3.27. The van der Waals surface area contributed by atoms with Crippen molar-refractivity contribution in [1.82, 2.24) is 0 Å². The van der Waals surface area contributed by atoms with Crippen LogP contribution in [0.25, 0.3) is 0 Å². The van der Waals surface area contributed by atoms with Gasteiger partial charge in [0.05, 0.1) is 17.9 Å². The van der Waals surface area contributed by atoms with Gasteiger partial charge in [-0.15, -0.1) is 11.8 Å². The molecule has 3 rings (SSSR count). The van der Waals surface area contributed by atoms with Crippen LogP contribution in [-0.2, 0) is 6.42 Å². The molecule has 0 saturated carbocycles. The number of Topliss-reactive ketones (excluding diaryl/α,β-unsaturated/α-hetero) is 1. The first-order valence-corrected chi connectivity index (χ1v) is 7.89. The zero-order chi connectivity index (χ0) is 14.7. The summed E-state index contributed by atoms with van der Waals surface area (Å²) in [5, 5.41) is 0. The Hall–Kier alpha value is -1.81. The SMILES string of the molecule is O=C(CSc1cccc(F)c1)c1cccc2c1OCCC2. The van der Waals surface area contributed by atoms with Gasteiger partial charge in [0.25, 0.3) is 0 Å². The van der Waals surface area contributed by atoms with Gasteiger partial charge in [0, 0.05) is 4.90 Å². The lowest BCUT2D eigenvalue weighted by Crippen LogP contribution is -2.13. The van der Waals surface area contributed by atoms with Gasteiger partial charge < -0.3 is 4.74 Å². The Morgan fingerprint density at radius 3 is 2.95 bits per heavy atom. The molecule has 2 aromatic carbocycles. The molecule has 0 aromatic heterocycles. The van der Waals surface area contributed by atoms with Gasteiger partial charge in [-0.25, -0.2) is 4.39 Å². The lowest BCUT2D eigenvalue weighted by molar-refractivity contribution is 0.101. The van der Waals surface area contributed by atoms with Crippen LogP contribution in [0.4, 0.5) is 4.39 Å². The molecule has 0 aliphatic carbocycles. The fourth-order valence-electron chi connectivity index (χ4n) is 2.39. The van der Waals surface area contributed by atoms with Gasteiger partial charge in [0.1, 0.15) is 11.6 Å². The highest BCUT2D eigenvalue weighted by Crippen LogP contribution is 2.30. The van der Waals surface area contributed by atoms with Gasteiger partial charge in [0.15, 0.2) is 5.78 Å². The third-order valence-corrected chi connectivity index (χ3v) is 4.39. The predicted octanol–water partition coefficient (Wildman–Crippen LogP) is 4.13. The van der Waals surface area contributed by atoms with E-state index in [1.807, 2.05) is 12.1 Å². The van der Waals surface area contributed by atoms with E-state index < -0.39 is 0 Å². The molecular weight excluding hydrogens is 287 g/mol. The van der Waals surface area contributed by atoms with Gasteiger partial charge in [-0.2, -0.15) is 0 Å². The van der Waals surface area contributed by atoms with Crippen molar-refractivity contribution in [3.05, 3.63) is 59.4 Å². The normalized spacial score (nSPS) is 13.4. The van der Waals surface area contributed by atoms with Crippen molar-refractivity contribution in [2.45, 2.75) is 17.7 Å². The summed E-state index contributed by atoms with van der Waals surface area (Å²) < 4.78 is 18.8. The second kappa shape index (κ2) is 6.31. The van der Waals surface area contributed by atoms with Crippen molar-refractivity contribution < 1.29 is 13.9 Å². The fraction of sp³-hybridized carbons (Fsp3) is 0.235. The molecule has 0 bridgehead atoms. The third-order valence-electron chi connectivity index (χ3n) is 3.40. The number of benzene rings is 2. The molecule has 1 aliphatic heterocycles. The second-order valence-electron chi connectivity index (χ2n) is 4.92. The van der Waals surface area contributed by atoms with Crippen LogP contribution in [0, 0.1) is 5.82 Å². The number of carbonyl (C=O) groups is 1. The average Bonchev–Trinajstić information content (AvgIpc) is 2.52. The maximum absolute atomic E-state index is 13.1. The molecule has 21 heavy (non-hydrogen) atoms. The smallest absolute Gasteiger partial charge is 0.176 e. The van der Waals surface area contributed by atoms with Crippen LogP contribution < -0.4 is 4.74 Å². The summed E-state index contributed by atoms with van der Waals surface area (Å²) in [4.78, 5) is 13.1. The fourth-order valence-corrected chi connectivity index (χ4v) is 3.22. The number of ether oxygens (including phenoxy) is 1. The summed E-state index contributed by atoms with van der Waals surface area (Å²) in [5.74, 6) is 0.743. The van der Waals surface area contributed by atoms with Crippen LogP contribution in [0.3, 0.4) is 0 Å². The zero-order valence-electron chi connectivity index (χ0n) is 11.5. The molecule has 1 heterocycles. The zero-order valence-corrected chi connectivity index (χ0v) is 12.3. The molecule has 0 saturated heterocycles. The van der Waals surface area contributed by atoms with Gasteiger partial charge in [0.2, 0.25) is 0 Å². The molecule has 0 amide bonds. The number of hydrogen-bond donors (Lipinski definition) is 0. The minimum Gasteiger partial charge on any atom is -0.493 e. The van der Waals surface area contributed by atoms with Crippen LogP contribution in [0.5, 0.6) is 5.75 Å². The highest BCUT2D eigenvalue weighted by molar-refractivity contribution is 8.00. The quantitative estimate of drug-likeness (QED) is 0.627. The highest BCUT2D eigenvalue weighted by Gasteiger charge is 2.19. The average molecular weight is 302 g/mol. The number of ketones is 1. The molecule has 0 fully saturated rings. The molecule has 1 aliphatic rings. The number of para-hydroxylation sites is 1. The molecule has 108 valence electrons. The van der Waals surface area contributed by atoms with Gasteiger partial charge >= 0.3 is 0 Å². The Kier molecular flexibility index (Phi) is 4.25. The van der Waals surface area contributed by atoms with E-state index >= 15 is 0 Å². The number of aryl methyl sites for hydroxylation is 1. The number of thioether (sulfide) groups is 1. The maximum Gasteiger partial charge on any atom is 0.176 e. The topological polar surface area (TPSA) is 26.3 Å². The number of rotatable bonds is 4. The Morgan fingerprint density at radius 2 is 2.10 bits per heavy atom. The Bertz CT molecular complexity index is 670. The van der Waals surface area contributed by atoms with Crippen molar-refractivity contribution in [1.29, 1.82) is 0 Å². The first-order valence-electron chi connectivity index (χ1n) is 6.90. The van der Waals surface area contributed by atoms with E-state index in [0.29, 0.717) is 12.2 Å². The predicted molar refractivity (Wildman–Crippen MR) is 81.7 cm³/mol. The van der Waals surface area contributed by atoms with Crippen LogP contribution in [0.2, 0.25) is 0 Å². The number of hydrogen-bond acceptors (Lipinski definition) is 3. The van der Waals surface area contributed by atoms with E-state index in [9.17, 15) is 9.18 Å². The largest absolute Gasteiger partial charge is 0.493 e. The van der Waals surface area contributed by atoms with Crippen molar-refractivity contribution in [2.75, 3.05) is 12.4 Å². The first-order chi connectivity index (χ1) is 10.2. The maximum atomic E-state index is 13.1. The van der Waals surface area contributed by atoms with Crippen molar-refractivity contribution in [2.24, 2.45) is 0 Å². The Labute approximate surface area is 127 Å². The Morgan fingerprint density at radius 1 is 1.24 bits per heavy atom. The minimum absolute atomic E-state index is 0.0167. The van der Waals surface area contributed by atoms with Crippen molar-refractivity contribution in [3.63, 3.8) is 0 Å². The monoisotopic (exact) mass is 302 g/mol. The lowest BCUT2D eigenvalue weighted by Gasteiger charge is -2.19. The van der Waals surface area contributed by atoms with Crippen LogP contribution in [-0.4, -0.2) is 18.1 Å². The number of halogens is 1. The summed E-state index contributed by atoms with van der Waals surface area (Å²) >= 11 is 1.34. The molecule has 0 radical (unpaired) electrons. The van der Waals surface area contributed by atoms with E-state index in [0.717, 1.165) is 29.1 Å². The Balaban J connectivity index is 1.74. The molecule has 2 nitrogen and oxygen atoms in total. The summed E-state index contributed by atoms with van der Waals surface area (Å²) in [6.07, 6.45) is 1.94. The molecular formula is C17H15FO2S. The number of fused-ring (bicyclic) bond motifs is 1. The first kappa shape index (κ1) is 14.1. The summed E-state index contributed by atoms with van der Waals surface area (Å²) in [6.45, 7) is 0.661. The van der Waals surface area contributed by atoms with Gasteiger partial charge in [-0.05, 0) is 42.7 Å². The molecule has 0 spiro atoms. The summed E-state index contributed by atoms with van der Waals surface area (Å²) in [6, 6.07) is 12.0. The highest BCUT2D eigenvalue weighted by atomic mass is 32.2. The van der Waals surface area contributed by atoms with E-state index in [2.05, 4.69) is 0 Å². The van der Waals surface area contributed by atoms with E-state index in [1.165, 1.54) is 23.9 Å². The van der Waals surface area contributed by atoms with Gasteiger partial charge in [-0.3, -0.25) is 4.79 Å². The number of carbonyl (C=O) groups excluding carboxylic acids is 1. The van der Waals surface area contributed by atoms with Crippen molar-refractivity contribution >= 4 is 17.5 Å². The molecule has 0 atom stereocenters. The van der Waals surface area contributed by atoms with Crippen LogP contribution >= 0.6 is 11.8 Å².